The van der Waals surface area contributed by atoms with Gasteiger partial charge in [-0.2, -0.15) is 0 Å². The summed E-state index contributed by atoms with van der Waals surface area (Å²) >= 11 is 5.09. The number of carbonyl (C=O) groups excluding carboxylic acids is 1. The maximum atomic E-state index is 13.2. The van der Waals surface area contributed by atoms with Gasteiger partial charge in [0.15, 0.2) is 5.11 Å². The molecule has 0 saturated carbocycles. The Hall–Kier alpha value is -2.27. The molecule has 2 N–H and O–H groups in total. The van der Waals surface area contributed by atoms with E-state index in [0.717, 1.165) is 16.7 Å². The molecule has 0 aliphatic heterocycles. The molecule has 2 aromatic rings. The van der Waals surface area contributed by atoms with Crippen LogP contribution in [0.25, 0.3) is 0 Å². The SMILES string of the molecule is Cc1ccc(C(=O)NC(=S)NCc2cc(F)ccc2C)cc1. The average molecular weight is 316 g/mol. The molecule has 3 nitrogen and oxygen atoms in total. The lowest BCUT2D eigenvalue weighted by Gasteiger charge is -2.11. The van der Waals surface area contributed by atoms with E-state index in [2.05, 4.69) is 10.6 Å². The molecule has 0 unspecified atom stereocenters. The van der Waals surface area contributed by atoms with Crippen molar-refractivity contribution in [2.45, 2.75) is 20.4 Å². The quantitative estimate of drug-likeness (QED) is 0.854. The van der Waals surface area contributed by atoms with Crippen LogP contribution in [0.2, 0.25) is 0 Å². The van der Waals surface area contributed by atoms with Crippen molar-refractivity contribution < 1.29 is 9.18 Å². The van der Waals surface area contributed by atoms with Gasteiger partial charge in [-0.3, -0.25) is 10.1 Å². The minimum Gasteiger partial charge on any atom is -0.358 e. The maximum Gasteiger partial charge on any atom is 0.257 e. The molecule has 0 bridgehead atoms. The van der Waals surface area contributed by atoms with Gasteiger partial charge in [0.1, 0.15) is 5.82 Å². The van der Waals surface area contributed by atoms with Crippen LogP contribution in [-0.4, -0.2) is 11.0 Å². The Morgan fingerprint density at radius 1 is 1.14 bits per heavy atom. The summed E-state index contributed by atoms with van der Waals surface area (Å²) in [7, 11) is 0. The van der Waals surface area contributed by atoms with Gasteiger partial charge in [0.05, 0.1) is 0 Å². The second-order valence-electron chi connectivity index (χ2n) is 5.07. The number of carbonyl (C=O) groups is 1. The van der Waals surface area contributed by atoms with Crippen molar-refractivity contribution in [1.29, 1.82) is 0 Å². The first-order valence-electron chi connectivity index (χ1n) is 6.86. The fourth-order valence-corrected chi connectivity index (χ4v) is 2.10. The van der Waals surface area contributed by atoms with Gasteiger partial charge in [-0.05, 0) is 61.5 Å². The van der Waals surface area contributed by atoms with Gasteiger partial charge in [-0.25, -0.2) is 4.39 Å². The number of aryl methyl sites for hydroxylation is 2. The Kier molecular flexibility index (Phi) is 5.22. The van der Waals surface area contributed by atoms with Crippen LogP contribution in [-0.2, 0) is 6.54 Å². The van der Waals surface area contributed by atoms with E-state index in [1.165, 1.54) is 12.1 Å². The van der Waals surface area contributed by atoms with Crippen LogP contribution in [0, 0.1) is 19.7 Å². The molecule has 0 aliphatic carbocycles. The minimum atomic E-state index is -0.294. The Balaban J connectivity index is 1.91. The van der Waals surface area contributed by atoms with E-state index in [4.69, 9.17) is 12.2 Å². The van der Waals surface area contributed by atoms with Crippen LogP contribution in [0.3, 0.4) is 0 Å². The Labute approximate surface area is 134 Å². The third-order valence-electron chi connectivity index (χ3n) is 3.29. The molecule has 2 rings (SSSR count). The summed E-state index contributed by atoms with van der Waals surface area (Å²) < 4.78 is 13.2. The van der Waals surface area contributed by atoms with Crippen molar-refractivity contribution in [3.63, 3.8) is 0 Å². The molecule has 5 heteroatoms. The topological polar surface area (TPSA) is 41.1 Å². The Morgan fingerprint density at radius 3 is 2.50 bits per heavy atom. The van der Waals surface area contributed by atoms with Crippen LogP contribution in [0.15, 0.2) is 42.5 Å². The highest BCUT2D eigenvalue weighted by molar-refractivity contribution is 7.80. The third kappa shape index (κ3) is 4.36. The Morgan fingerprint density at radius 2 is 1.82 bits per heavy atom. The summed E-state index contributed by atoms with van der Waals surface area (Å²) in [4.78, 5) is 12.0. The smallest absolute Gasteiger partial charge is 0.257 e. The summed E-state index contributed by atoms with van der Waals surface area (Å²) in [6, 6.07) is 11.8. The second-order valence-corrected chi connectivity index (χ2v) is 5.48. The molecule has 0 aromatic heterocycles. The van der Waals surface area contributed by atoms with E-state index >= 15 is 0 Å². The predicted molar refractivity (Wildman–Crippen MR) is 89.2 cm³/mol. The number of thiocarbonyl (C=S) groups is 1. The van der Waals surface area contributed by atoms with E-state index in [-0.39, 0.29) is 16.8 Å². The maximum absolute atomic E-state index is 13.2. The molecular formula is C17H17FN2OS. The highest BCUT2D eigenvalue weighted by atomic mass is 32.1. The summed E-state index contributed by atoms with van der Waals surface area (Å²) in [5, 5.41) is 5.74. The number of amides is 1. The highest BCUT2D eigenvalue weighted by Gasteiger charge is 2.08. The minimum absolute atomic E-state index is 0.217. The molecule has 0 atom stereocenters. The largest absolute Gasteiger partial charge is 0.358 e. The molecule has 22 heavy (non-hydrogen) atoms. The lowest BCUT2D eigenvalue weighted by Crippen LogP contribution is -2.38. The zero-order valence-electron chi connectivity index (χ0n) is 12.4. The molecule has 1 amide bonds. The second kappa shape index (κ2) is 7.13. The van der Waals surface area contributed by atoms with Gasteiger partial charge < -0.3 is 5.32 Å². The van der Waals surface area contributed by atoms with Gasteiger partial charge in [-0.15, -0.1) is 0 Å². The van der Waals surface area contributed by atoms with Gasteiger partial charge in [0, 0.05) is 12.1 Å². The number of rotatable bonds is 3. The average Bonchev–Trinajstić information content (AvgIpc) is 2.49. The van der Waals surface area contributed by atoms with Crippen LogP contribution >= 0.6 is 12.2 Å². The fraction of sp³-hybridized carbons (Fsp3) is 0.176. The van der Waals surface area contributed by atoms with Gasteiger partial charge >= 0.3 is 0 Å². The summed E-state index contributed by atoms with van der Waals surface area (Å²) in [5.41, 5.74) is 3.38. The molecule has 0 heterocycles. The number of halogens is 1. The van der Waals surface area contributed by atoms with Gasteiger partial charge in [-0.1, -0.05) is 23.8 Å². The monoisotopic (exact) mass is 316 g/mol. The first-order valence-corrected chi connectivity index (χ1v) is 7.27. The Bertz CT molecular complexity index is 698. The van der Waals surface area contributed by atoms with Crippen molar-refractivity contribution in [3.8, 4) is 0 Å². The molecule has 0 fully saturated rings. The fourth-order valence-electron chi connectivity index (χ4n) is 1.93. The first kappa shape index (κ1) is 16.1. The van der Waals surface area contributed by atoms with E-state index in [1.54, 1.807) is 18.2 Å². The van der Waals surface area contributed by atoms with Crippen molar-refractivity contribution in [3.05, 3.63) is 70.5 Å². The van der Waals surface area contributed by atoms with Crippen LogP contribution in [0.5, 0.6) is 0 Å². The molecule has 0 aliphatic rings. The van der Waals surface area contributed by atoms with Crippen molar-refractivity contribution >= 4 is 23.2 Å². The zero-order chi connectivity index (χ0) is 16.1. The number of hydrogen-bond acceptors (Lipinski definition) is 2. The van der Waals surface area contributed by atoms with Crippen LogP contribution in [0.1, 0.15) is 27.0 Å². The lowest BCUT2D eigenvalue weighted by molar-refractivity contribution is 0.0976. The van der Waals surface area contributed by atoms with E-state index in [1.807, 2.05) is 26.0 Å². The molecule has 2 aromatic carbocycles. The number of hydrogen-bond donors (Lipinski definition) is 2. The molecule has 114 valence electrons. The van der Waals surface area contributed by atoms with Crippen molar-refractivity contribution in [2.75, 3.05) is 0 Å². The molecule has 0 saturated heterocycles. The number of nitrogens with one attached hydrogen (secondary N) is 2. The standard InChI is InChI=1S/C17H17FN2OS/c1-11-3-6-13(7-4-11)16(21)20-17(22)19-10-14-9-15(18)8-5-12(14)2/h3-9H,10H2,1-2H3,(H2,19,20,21,22). The molecule has 0 radical (unpaired) electrons. The predicted octanol–water partition coefficient (Wildman–Crippen LogP) is 3.25. The number of benzene rings is 2. The normalized spacial score (nSPS) is 10.1. The van der Waals surface area contributed by atoms with Gasteiger partial charge in [0.25, 0.3) is 5.91 Å². The zero-order valence-corrected chi connectivity index (χ0v) is 13.3. The first-order chi connectivity index (χ1) is 10.5. The van der Waals surface area contributed by atoms with Gasteiger partial charge in [0.2, 0.25) is 0 Å². The van der Waals surface area contributed by atoms with Crippen LogP contribution < -0.4 is 10.6 Å². The van der Waals surface area contributed by atoms with Crippen molar-refractivity contribution in [2.24, 2.45) is 0 Å². The van der Waals surface area contributed by atoms with E-state index in [9.17, 15) is 9.18 Å². The van der Waals surface area contributed by atoms with E-state index in [0.29, 0.717) is 12.1 Å². The summed E-state index contributed by atoms with van der Waals surface area (Å²) in [5.74, 6) is -0.564. The summed E-state index contributed by atoms with van der Waals surface area (Å²) in [6.07, 6.45) is 0. The molecular weight excluding hydrogens is 299 g/mol. The van der Waals surface area contributed by atoms with Crippen molar-refractivity contribution in [1.82, 2.24) is 10.6 Å². The van der Waals surface area contributed by atoms with Crippen LogP contribution in [0.4, 0.5) is 4.39 Å². The summed E-state index contributed by atoms with van der Waals surface area (Å²) in [6.45, 7) is 4.20. The van der Waals surface area contributed by atoms with E-state index < -0.39 is 0 Å². The lowest BCUT2D eigenvalue weighted by atomic mass is 10.1. The third-order valence-corrected chi connectivity index (χ3v) is 3.54. The highest BCUT2D eigenvalue weighted by Crippen LogP contribution is 2.09. The molecule has 0 spiro atoms.